The summed E-state index contributed by atoms with van der Waals surface area (Å²) < 4.78 is 87.5. The van der Waals surface area contributed by atoms with Gasteiger partial charge in [0.05, 0.1) is 12.0 Å². The number of alkyl halides is 3. The summed E-state index contributed by atoms with van der Waals surface area (Å²) >= 11 is 0. The van der Waals surface area contributed by atoms with Gasteiger partial charge < -0.3 is 14.6 Å². The van der Waals surface area contributed by atoms with Gasteiger partial charge in [0, 0.05) is 24.9 Å². The van der Waals surface area contributed by atoms with Crippen molar-refractivity contribution in [2.45, 2.75) is 65.1 Å². The Hall–Kier alpha value is -4.26. The molecule has 47 heavy (non-hydrogen) atoms. The zero-order valence-electron chi connectivity index (χ0n) is 26.9. The predicted octanol–water partition coefficient (Wildman–Crippen LogP) is 7.12. The topological polar surface area (TPSA) is 92.0 Å². The molecule has 0 aliphatic carbocycles. The number of pyridine rings is 1. The molecule has 254 valence electrons. The molecular weight excluding hydrogens is 628 g/mol. The largest absolute Gasteiger partial charge is 0.481 e. The summed E-state index contributed by atoms with van der Waals surface area (Å²) in [5, 5.41) is 9.61. The highest BCUT2D eigenvalue weighted by Gasteiger charge is 2.37. The molecule has 2 atom stereocenters. The molecule has 0 fully saturated rings. The van der Waals surface area contributed by atoms with Crippen molar-refractivity contribution in [3.63, 3.8) is 0 Å². The van der Waals surface area contributed by atoms with Crippen LogP contribution in [0, 0.1) is 37.2 Å². The van der Waals surface area contributed by atoms with Crippen LogP contribution in [-0.2, 0) is 22.2 Å². The maximum Gasteiger partial charge on any atom is 0.419 e. The number of likely N-dealkylation sites (N-methyl/N-ethyl adjacent to an activating group) is 1. The molecule has 0 aliphatic heterocycles. The van der Waals surface area contributed by atoms with Gasteiger partial charge in [-0.1, -0.05) is 13.8 Å². The first-order chi connectivity index (χ1) is 21.8. The fourth-order valence-electron chi connectivity index (χ4n) is 5.44. The lowest BCUT2D eigenvalue weighted by atomic mass is 9.88. The Morgan fingerprint density at radius 2 is 1.64 bits per heavy atom. The van der Waals surface area contributed by atoms with Crippen LogP contribution in [0.25, 0.3) is 11.1 Å². The van der Waals surface area contributed by atoms with Gasteiger partial charge in [0.25, 0.3) is 11.5 Å². The van der Waals surface area contributed by atoms with E-state index in [-0.39, 0.29) is 34.6 Å². The van der Waals surface area contributed by atoms with Crippen molar-refractivity contribution in [3.8, 4) is 11.1 Å². The summed E-state index contributed by atoms with van der Waals surface area (Å²) in [6.45, 7) is 6.93. The summed E-state index contributed by atoms with van der Waals surface area (Å²) in [5.74, 6) is -7.88. The predicted molar refractivity (Wildman–Crippen MR) is 166 cm³/mol. The second-order valence-corrected chi connectivity index (χ2v) is 12.3. The molecule has 1 aromatic heterocycles. The van der Waals surface area contributed by atoms with Crippen LogP contribution < -0.4 is 5.56 Å². The van der Waals surface area contributed by atoms with Gasteiger partial charge in [0.2, 0.25) is 0 Å². The number of hydrogen-bond donors (Lipinski definition) is 1. The number of amides is 1. The van der Waals surface area contributed by atoms with Gasteiger partial charge in [-0.3, -0.25) is 14.4 Å². The van der Waals surface area contributed by atoms with Gasteiger partial charge >= 0.3 is 12.1 Å². The van der Waals surface area contributed by atoms with E-state index in [0.717, 1.165) is 35.0 Å². The van der Waals surface area contributed by atoms with Gasteiger partial charge in [-0.15, -0.1) is 0 Å². The minimum Gasteiger partial charge on any atom is -0.481 e. The van der Waals surface area contributed by atoms with Crippen LogP contribution in [0.1, 0.15) is 66.5 Å². The molecule has 0 radical (unpaired) electrons. The summed E-state index contributed by atoms with van der Waals surface area (Å²) in [7, 11) is 3.61. The number of halogens is 6. The number of nitrogens with zero attached hydrogens (tertiary/aromatic N) is 3. The Labute approximate surface area is 268 Å². The van der Waals surface area contributed by atoms with E-state index in [0.29, 0.717) is 24.6 Å². The Balaban J connectivity index is 2.18. The standard InChI is InChI=1S/C34H37F6N3O4/c1-18(2)9-28(43-17-21(7-8-42(5)6)12-27(36)33(43)47)32(46)41-16-23(15-29(44)45)25-13-22(14-26(31(25)37)34(38,39)40)30-19(3)10-24(35)11-20(30)4/h10-14,16-18,23,28H,7-9,15H2,1-6H3,(H,44,45)/b41-16+. The Kier molecular flexibility index (Phi) is 11.9. The van der Waals surface area contributed by atoms with E-state index in [1.165, 1.54) is 20.0 Å². The van der Waals surface area contributed by atoms with Crippen LogP contribution in [0.4, 0.5) is 26.3 Å². The quantitative estimate of drug-likeness (QED) is 0.164. The van der Waals surface area contributed by atoms with Crippen LogP contribution in [0.15, 0.2) is 46.3 Å². The lowest BCUT2D eigenvalue weighted by molar-refractivity contribution is -0.140. The second-order valence-electron chi connectivity index (χ2n) is 12.3. The van der Waals surface area contributed by atoms with Gasteiger partial charge in [-0.2, -0.15) is 13.2 Å². The molecular formula is C34H37F6N3O4. The molecule has 2 aromatic carbocycles. The molecule has 0 saturated heterocycles. The Morgan fingerprint density at radius 3 is 2.17 bits per heavy atom. The Bertz CT molecular complexity index is 1710. The molecule has 1 N–H and O–H groups in total. The van der Waals surface area contributed by atoms with Crippen molar-refractivity contribution in [2.24, 2.45) is 10.9 Å². The number of carboxylic acids is 1. The molecule has 0 spiro atoms. The van der Waals surface area contributed by atoms with Crippen LogP contribution in [0.3, 0.4) is 0 Å². The average Bonchev–Trinajstić information content (AvgIpc) is 2.93. The Morgan fingerprint density at radius 1 is 1.02 bits per heavy atom. The SMILES string of the molecule is Cc1cc(F)cc(C)c1-c1cc(C(/C=N/C(=O)C(CC(C)C)n2cc(CCN(C)C)cc(F)c2=O)CC(=O)O)c(F)c(C(F)(F)F)c1. The number of rotatable bonds is 12. The van der Waals surface area contributed by atoms with Crippen molar-refractivity contribution in [2.75, 3.05) is 20.6 Å². The van der Waals surface area contributed by atoms with Crippen LogP contribution in [0.2, 0.25) is 0 Å². The van der Waals surface area contributed by atoms with Crippen LogP contribution >= 0.6 is 0 Å². The molecule has 3 rings (SSSR count). The number of carbonyl (C=O) groups excluding carboxylic acids is 1. The number of benzene rings is 2. The number of aliphatic imine (C=N–C) groups is 1. The zero-order valence-corrected chi connectivity index (χ0v) is 26.9. The van der Waals surface area contributed by atoms with Crippen molar-refractivity contribution in [3.05, 3.63) is 92.2 Å². The van der Waals surface area contributed by atoms with Crippen molar-refractivity contribution < 1.29 is 41.0 Å². The summed E-state index contributed by atoms with van der Waals surface area (Å²) in [5.41, 5.74) is -2.49. The van der Waals surface area contributed by atoms with Crippen LogP contribution in [-0.4, -0.2) is 53.3 Å². The summed E-state index contributed by atoms with van der Waals surface area (Å²) in [6.07, 6.45) is -3.69. The monoisotopic (exact) mass is 665 g/mol. The fraction of sp³-hybridized carbons (Fsp3) is 0.412. The van der Waals surface area contributed by atoms with E-state index in [1.54, 1.807) is 27.9 Å². The van der Waals surface area contributed by atoms with Gasteiger partial charge in [0.15, 0.2) is 5.82 Å². The molecule has 1 heterocycles. The van der Waals surface area contributed by atoms with Crippen molar-refractivity contribution in [1.29, 1.82) is 0 Å². The van der Waals surface area contributed by atoms with Gasteiger partial charge in [0.1, 0.15) is 17.7 Å². The highest BCUT2D eigenvalue weighted by atomic mass is 19.4. The van der Waals surface area contributed by atoms with E-state index in [4.69, 9.17) is 0 Å². The smallest absolute Gasteiger partial charge is 0.419 e. The highest BCUT2D eigenvalue weighted by molar-refractivity contribution is 5.91. The molecule has 7 nitrogen and oxygen atoms in total. The normalized spacial score (nSPS) is 13.5. The van der Waals surface area contributed by atoms with E-state index in [1.807, 2.05) is 4.90 Å². The third kappa shape index (κ3) is 9.40. The molecule has 2 unspecified atom stereocenters. The minimum absolute atomic E-state index is 0.0153. The fourth-order valence-corrected chi connectivity index (χ4v) is 5.44. The maximum absolute atomic E-state index is 15.6. The second kappa shape index (κ2) is 15.1. The third-order valence-electron chi connectivity index (χ3n) is 7.59. The number of aromatic nitrogens is 1. The van der Waals surface area contributed by atoms with E-state index in [2.05, 4.69) is 4.99 Å². The maximum atomic E-state index is 15.6. The first-order valence-electron chi connectivity index (χ1n) is 14.8. The molecule has 0 aliphatic rings. The number of hydrogen-bond acceptors (Lipinski definition) is 4. The van der Waals surface area contributed by atoms with Crippen molar-refractivity contribution in [1.82, 2.24) is 9.47 Å². The lowest BCUT2D eigenvalue weighted by Gasteiger charge is -2.21. The van der Waals surface area contributed by atoms with Crippen molar-refractivity contribution >= 4 is 18.1 Å². The van der Waals surface area contributed by atoms with Gasteiger partial charge in [-0.05, 0) is 110 Å². The molecule has 3 aromatic rings. The first kappa shape index (κ1) is 37.2. The number of aryl methyl sites for hydroxylation is 2. The van der Waals surface area contributed by atoms with Gasteiger partial charge in [-0.25, -0.2) is 18.2 Å². The minimum atomic E-state index is -5.19. The zero-order chi connectivity index (χ0) is 35.4. The highest BCUT2D eigenvalue weighted by Crippen LogP contribution is 2.40. The molecule has 1 amide bonds. The van der Waals surface area contributed by atoms with Crippen LogP contribution in [0.5, 0.6) is 0 Å². The van der Waals surface area contributed by atoms with E-state index >= 15 is 4.39 Å². The molecule has 0 bridgehead atoms. The average molecular weight is 666 g/mol. The summed E-state index contributed by atoms with van der Waals surface area (Å²) in [6, 6.07) is 3.52. The number of carbonyl (C=O) groups is 2. The first-order valence-corrected chi connectivity index (χ1v) is 14.8. The van der Waals surface area contributed by atoms with E-state index in [9.17, 15) is 41.4 Å². The van der Waals surface area contributed by atoms with E-state index < -0.39 is 70.6 Å². The number of carboxylic acid groups (broad SMARTS) is 1. The third-order valence-corrected chi connectivity index (χ3v) is 7.59. The number of aliphatic carboxylic acids is 1. The lowest BCUT2D eigenvalue weighted by Crippen LogP contribution is -2.32. The molecule has 13 heteroatoms. The summed E-state index contributed by atoms with van der Waals surface area (Å²) in [4.78, 5) is 43.8. The molecule has 0 saturated carbocycles.